The highest BCUT2D eigenvalue weighted by atomic mass is 79.9. The summed E-state index contributed by atoms with van der Waals surface area (Å²) in [5.74, 6) is 0.713. The number of hydrogen-bond acceptors (Lipinski definition) is 3. The quantitative estimate of drug-likeness (QED) is 0.652. The van der Waals surface area contributed by atoms with Gasteiger partial charge in [0.2, 0.25) is 0 Å². The smallest absolute Gasteiger partial charge is 0.163 e. The third-order valence-corrected chi connectivity index (χ3v) is 4.01. The van der Waals surface area contributed by atoms with E-state index < -0.39 is 0 Å². The monoisotopic (exact) mass is 310 g/mol. The minimum absolute atomic E-state index is 0.000671. The molecule has 2 rings (SSSR count). The predicted molar refractivity (Wildman–Crippen MR) is 73.3 cm³/mol. The number of aryl methyl sites for hydroxylation is 3. The summed E-state index contributed by atoms with van der Waals surface area (Å²) in [7, 11) is 1.82. The molecule has 0 aliphatic carbocycles. The molecule has 2 heterocycles. The summed E-state index contributed by atoms with van der Waals surface area (Å²) in [5.41, 5.74) is 8.83. The number of rotatable bonds is 2. The number of halogens is 1. The maximum atomic E-state index is 7.68. The molecule has 2 aromatic heterocycles. The molecule has 0 aliphatic heterocycles. The van der Waals surface area contributed by atoms with E-state index in [1.54, 1.807) is 9.36 Å². The zero-order chi connectivity index (χ0) is 13.6. The summed E-state index contributed by atoms with van der Waals surface area (Å²) in [6.45, 7) is 5.71. The van der Waals surface area contributed by atoms with Crippen molar-refractivity contribution in [3.63, 3.8) is 0 Å². The van der Waals surface area contributed by atoms with Crippen molar-refractivity contribution in [2.75, 3.05) is 0 Å². The molecule has 18 heavy (non-hydrogen) atoms. The molecule has 0 radical (unpaired) electrons. The zero-order valence-corrected chi connectivity index (χ0v) is 12.3. The second kappa shape index (κ2) is 4.24. The van der Waals surface area contributed by atoms with Crippen LogP contribution in [0.15, 0.2) is 4.47 Å². The van der Waals surface area contributed by atoms with E-state index in [1.807, 2.05) is 27.8 Å². The van der Waals surface area contributed by atoms with Crippen LogP contribution in [0.4, 0.5) is 0 Å². The van der Waals surface area contributed by atoms with E-state index in [4.69, 9.17) is 11.1 Å². The van der Waals surface area contributed by atoms with Gasteiger partial charge in [0.05, 0.1) is 27.1 Å². The topological polar surface area (TPSA) is 85.5 Å². The third kappa shape index (κ3) is 1.74. The molecule has 2 aromatic rings. The van der Waals surface area contributed by atoms with Gasteiger partial charge in [0.25, 0.3) is 0 Å². The molecule has 0 aliphatic rings. The van der Waals surface area contributed by atoms with Gasteiger partial charge >= 0.3 is 0 Å². The summed E-state index contributed by atoms with van der Waals surface area (Å²) in [6, 6.07) is 0. The van der Waals surface area contributed by atoms with E-state index in [0.29, 0.717) is 11.4 Å². The van der Waals surface area contributed by atoms with Gasteiger partial charge in [0.1, 0.15) is 5.84 Å². The van der Waals surface area contributed by atoms with Crippen LogP contribution in [-0.4, -0.2) is 25.4 Å². The second-order valence-corrected chi connectivity index (χ2v) is 5.01. The van der Waals surface area contributed by atoms with Gasteiger partial charge in [-0.1, -0.05) is 0 Å². The number of amidine groups is 1. The van der Waals surface area contributed by atoms with Gasteiger partial charge in [0, 0.05) is 7.05 Å². The zero-order valence-electron chi connectivity index (χ0n) is 10.7. The Morgan fingerprint density at radius 2 is 1.83 bits per heavy atom. The van der Waals surface area contributed by atoms with Crippen LogP contribution in [-0.2, 0) is 7.05 Å². The van der Waals surface area contributed by atoms with Crippen LogP contribution in [0.1, 0.15) is 22.6 Å². The minimum Gasteiger partial charge on any atom is -0.384 e. The van der Waals surface area contributed by atoms with Crippen molar-refractivity contribution in [1.82, 2.24) is 19.6 Å². The largest absolute Gasteiger partial charge is 0.384 e. The molecule has 96 valence electrons. The molecule has 0 saturated carbocycles. The summed E-state index contributed by atoms with van der Waals surface area (Å²) in [6.07, 6.45) is 0. The van der Waals surface area contributed by atoms with Gasteiger partial charge in [-0.25, -0.2) is 4.68 Å². The highest BCUT2D eigenvalue weighted by molar-refractivity contribution is 9.10. The lowest BCUT2D eigenvalue weighted by Crippen LogP contribution is -2.17. The average Bonchev–Trinajstić information content (AvgIpc) is 2.70. The summed E-state index contributed by atoms with van der Waals surface area (Å²) >= 11 is 3.49. The second-order valence-electron chi connectivity index (χ2n) is 4.22. The standard InChI is InChI=1S/C11H15BrN6/c1-5-8(10(13)14)11(17(4)15-5)18-7(3)9(12)6(2)16-18/h1-4H3,(H3,13,14). The first kappa shape index (κ1) is 12.8. The number of nitrogens with zero attached hydrogens (tertiary/aromatic N) is 4. The van der Waals surface area contributed by atoms with E-state index in [1.165, 1.54) is 0 Å². The van der Waals surface area contributed by atoms with Crippen molar-refractivity contribution in [3.05, 3.63) is 27.1 Å². The van der Waals surface area contributed by atoms with Gasteiger partial charge < -0.3 is 5.73 Å². The molecule has 0 atom stereocenters. The maximum absolute atomic E-state index is 7.68. The van der Waals surface area contributed by atoms with Gasteiger partial charge in [-0.15, -0.1) is 0 Å². The van der Waals surface area contributed by atoms with Crippen LogP contribution in [0.2, 0.25) is 0 Å². The van der Waals surface area contributed by atoms with Crippen molar-refractivity contribution in [2.24, 2.45) is 12.8 Å². The predicted octanol–water partition coefficient (Wildman–Crippen LogP) is 1.58. The highest BCUT2D eigenvalue weighted by Crippen LogP contribution is 2.25. The Morgan fingerprint density at radius 1 is 1.22 bits per heavy atom. The Labute approximate surface area is 113 Å². The van der Waals surface area contributed by atoms with Crippen molar-refractivity contribution >= 4 is 21.8 Å². The Kier molecular flexibility index (Phi) is 3.02. The fraction of sp³-hybridized carbons (Fsp3) is 0.364. The first-order valence-corrected chi connectivity index (χ1v) is 6.24. The lowest BCUT2D eigenvalue weighted by atomic mass is 10.2. The summed E-state index contributed by atoms with van der Waals surface area (Å²) in [4.78, 5) is 0. The molecule has 3 N–H and O–H groups in total. The lowest BCUT2D eigenvalue weighted by Gasteiger charge is -2.07. The van der Waals surface area contributed by atoms with Crippen LogP contribution in [0.25, 0.3) is 5.82 Å². The number of hydrogen-bond donors (Lipinski definition) is 2. The third-order valence-electron chi connectivity index (χ3n) is 2.86. The van der Waals surface area contributed by atoms with E-state index in [2.05, 4.69) is 26.1 Å². The van der Waals surface area contributed by atoms with Gasteiger partial charge in [-0.05, 0) is 36.7 Å². The number of nitrogens with two attached hydrogens (primary N) is 1. The summed E-state index contributed by atoms with van der Waals surface area (Å²) in [5, 5.41) is 16.4. The SMILES string of the molecule is Cc1nn(-c2c(C(=N)N)c(C)nn2C)c(C)c1Br. The molecule has 0 aromatic carbocycles. The first-order chi connectivity index (χ1) is 8.34. The van der Waals surface area contributed by atoms with Crippen molar-refractivity contribution in [2.45, 2.75) is 20.8 Å². The van der Waals surface area contributed by atoms with Crippen molar-refractivity contribution in [1.29, 1.82) is 5.41 Å². The lowest BCUT2D eigenvalue weighted by molar-refractivity contribution is 0.682. The normalized spacial score (nSPS) is 10.9. The number of nitrogens with one attached hydrogen (secondary N) is 1. The fourth-order valence-electron chi connectivity index (χ4n) is 2.03. The molecular weight excluding hydrogens is 296 g/mol. The van der Waals surface area contributed by atoms with Crippen molar-refractivity contribution < 1.29 is 0 Å². The fourth-order valence-corrected chi connectivity index (χ4v) is 2.28. The molecule has 7 heteroatoms. The Hall–Kier alpha value is -1.63. The Bertz CT molecular complexity index is 636. The van der Waals surface area contributed by atoms with E-state index >= 15 is 0 Å². The van der Waals surface area contributed by atoms with Crippen LogP contribution in [0.5, 0.6) is 0 Å². The van der Waals surface area contributed by atoms with E-state index in [9.17, 15) is 0 Å². The maximum Gasteiger partial charge on any atom is 0.163 e. The minimum atomic E-state index is -0.000671. The van der Waals surface area contributed by atoms with E-state index in [-0.39, 0.29) is 5.84 Å². The number of aromatic nitrogens is 4. The molecule has 0 amide bonds. The Balaban J connectivity index is 2.78. The van der Waals surface area contributed by atoms with Gasteiger partial charge in [-0.3, -0.25) is 10.1 Å². The van der Waals surface area contributed by atoms with E-state index in [0.717, 1.165) is 21.6 Å². The average molecular weight is 311 g/mol. The van der Waals surface area contributed by atoms with Crippen LogP contribution >= 0.6 is 15.9 Å². The number of nitrogen functional groups attached to an aromatic ring is 1. The molecule has 0 fully saturated rings. The van der Waals surface area contributed by atoms with Gasteiger partial charge in [-0.2, -0.15) is 10.2 Å². The first-order valence-electron chi connectivity index (χ1n) is 5.44. The van der Waals surface area contributed by atoms with Gasteiger partial charge in [0.15, 0.2) is 5.82 Å². The molecular formula is C11H15BrN6. The molecule has 0 saturated heterocycles. The Morgan fingerprint density at radius 3 is 2.28 bits per heavy atom. The molecule has 0 unspecified atom stereocenters. The van der Waals surface area contributed by atoms with Crippen LogP contribution in [0.3, 0.4) is 0 Å². The van der Waals surface area contributed by atoms with Crippen LogP contribution in [0, 0.1) is 26.2 Å². The summed E-state index contributed by atoms with van der Waals surface area (Å²) < 4.78 is 4.41. The molecule has 6 nitrogen and oxygen atoms in total. The molecule has 0 bridgehead atoms. The highest BCUT2D eigenvalue weighted by Gasteiger charge is 2.21. The van der Waals surface area contributed by atoms with Crippen LogP contribution < -0.4 is 5.73 Å². The molecule has 0 spiro atoms. The van der Waals surface area contributed by atoms with Crippen molar-refractivity contribution in [3.8, 4) is 5.82 Å².